The Labute approximate surface area is 274 Å². The molecule has 1 N–H and O–H groups in total. The number of thiazole rings is 1. The number of benzene rings is 3. The first-order chi connectivity index (χ1) is 22.3. The molecule has 5 aromatic rings. The van der Waals surface area contributed by atoms with Crippen LogP contribution in [0.2, 0.25) is 0 Å². The second-order valence-corrected chi connectivity index (χ2v) is 12.2. The largest absolute Gasteiger partial charge is 0.573 e. The lowest BCUT2D eigenvalue weighted by molar-refractivity contribution is -0.274. The number of hydrogen-bond acceptors (Lipinski definition) is 6. The summed E-state index contributed by atoms with van der Waals surface area (Å²) in [6, 6.07) is 18.3. The van der Waals surface area contributed by atoms with Gasteiger partial charge in [0, 0.05) is 28.6 Å². The van der Waals surface area contributed by atoms with Crippen molar-refractivity contribution < 1.29 is 27.4 Å². The number of urea groups is 1. The van der Waals surface area contributed by atoms with E-state index in [-0.39, 0.29) is 23.6 Å². The fourth-order valence-corrected chi connectivity index (χ4v) is 5.94. The Kier molecular flexibility index (Phi) is 9.85. The summed E-state index contributed by atoms with van der Waals surface area (Å²) in [5, 5.41) is 9.47. The number of carbonyl (C=O) groups excluding carboxylic acids is 1. The fourth-order valence-electron chi connectivity index (χ4n) is 5.07. The van der Waals surface area contributed by atoms with Gasteiger partial charge in [-0.1, -0.05) is 45.0 Å². The first-order valence-corrected chi connectivity index (χ1v) is 15.8. The van der Waals surface area contributed by atoms with Gasteiger partial charge in [0.25, 0.3) is 0 Å². The number of amides is 2. The minimum atomic E-state index is -4.76. The second kappa shape index (κ2) is 13.8. The third-order valence-corrected chi connectivity index (χ3v) is 8.74. The van der Waals surface area contributed by atoms with Crippen LogP contribution in [-0.2, 0) is 0 Å². The molecule has 5 rings (SSSR count). The minimum absolute atomic E-state index is 0.0301. The van der Waals surface area contributed by atoms with Gasteiger partial charge in [0.15, 0.2) is 10.6 Å². The third-order valence-electron chi connectivity index (χ3n) is 7.80. The van der Waals surface area contributed by atoms with Crippen molar-refractivity contribution in [2.45, 2.75) is 58.9 Å². The highest BCUT2D eigenvalue weighted by Gasteiger charge is 2.31. The summed E-state index contributed by atoms with van der Waals surface area (Å²) in [7, 11) is 1.64. The molecule has 3 aromatic carbocycles. The molecule has 2 atom stereocenters. The maximum atomic E-state index is 13.1. The van der Waals surface area contributed by atoms with Crippen LogP contribution in [0.5, 0.6) is 11.5 Å². The van der Waals surface area contributed by atoms with Gasteiger partial charge in [-0.3, -0.25) is 4.57 Å². The molecule has 246 valence electrons. The van der Waals surface area contributed by atoms with E-state index >= 15 is 0 Å². The third kappa shape index (κ3) is 7.91. The van der Waals surface area contributed by atoms with Gasteiger partial charge < -0.3 is 14.8 Å². The highest BCUT2D eigenvalue weighted by molar-refractivity contribution is 7.07. The lowest BCUT2D eigenvalue weighted by Gasteiger charge is -2.21. The van der Waals surface area contributed by atoms with Gasteiger partial charge in [0.2, 0.25) is 0 Å². The lowest BCUT2D eigenvalue weighted by Crippen LogP contribution is -2.35. The van der Waals surface area contributed by atoms with Crippen LogP contribution in [0.3, 0.4) is 0 Å². The molecule has 2 unspecified atom stereocenters. The van der Waals surface area contributed by atoms with E-state index in [2.05, 4.69) is 39.0 Å². The van der Waals surface area contributed by atoms with Crippen molar-refractivity contribution in [3.63, 3.8) is 0 Å². The molecule has 0 fully saturated rings. The smallest absolute Gasteiger partial charge is 0.497 e. The topological polar surface area (TPSA) is 95.6 Å². The zero-order chi connectivity index (χ0) is 33.9. The number of nitrogens with one attached hydrogen (secondary N) is 1. The van der Waals surface area contributed by atoms with E-state index in [1.54, 1.807) is 7.11 Å². The molecule has 0 aliphatic carbocycles. The van der Waals surface area contributed by atoms with Gasteiger partial charge in [-0.25, -0.2) is 14.5 Å². The normalized spacial score (nSPS) is 13.4. The second-order valence-electron chi connectivity index (χ2n) is 11.4. The van der Waals surface area contributed by atoms with Crippen molar-refractivity contribution in [3.05, 3.63) is 100 Å². The van der Waals surface area contributed by atoms with E-state index in [1.165, 1.54) is 46.6 Å². The SMILES string of the molecule is COc1ccc(-n2c(C)csc2=NC(=O)NC(C)C(C)c2ccc(-c3ncn(-c4ccc(OC(F)(F)F)cc4)n3)cc2)c(C(C)C)c1. The molecule has 0 spiro atoms. The van der Waals surface area contributed by atoms with Crippen LogP contribution < -0.4 is 19.6 Å². The number of aryl methyl sites for hydroxylation is 1. The summed E-state index contributed by atoms with van der Waals surface area (Å²) >= 11 is 1.41. The predicted octanol–water partition coefficient (Wildman–Crippen LogP) is 7.93. The predicted molar refractivity (Wildman–Crippen MR) is 174 cm³/mol. The van der Waals surface area contributed by atoms with Crippen LogP contribution in [0.4, 0.5) is 18.0 Å². The average Bonchev–Trinajstić information content (AvgIpc) is 3.67. The maximum Gasteiger partial charge on any atom is 0.573 e. The Morgan fingerprint density at radius 3 is 2.30 bits per heavy atom. The Morgan fingerprint density at radius 2 is 1.66 bits per heavy atom. The molecule has 0 radical (unpaired) electrons. The minimum Gasteiger partial charge on any atom is -0.497 e. The lowest BCUT2D eigenvalue weighted by atomic mass is 9.93. The molecule has 13 heteroatoms. The van der Waals surface area contributed by atoms with Crippen LogP contribution in [0.15, 0.2) is 83.4 Å². The van der Waals surface area contributed by atoms with E-state index in [0.29, 0.717) is 16.3 Å². The van der Waals surface area contributed by atoms with Gasteiger partial charge in [0.05, 0.1) is 18.5 Å². The van der Waals surface area contributed by atoms with E-state index in [1.807, 2.05) is 73.2 Å². The Hall–Kier alpha value is -4.91. The Bertz CT molecular complexity index is 1910. The summed E-state index contributed by atoms with van der Waals surface area (Å²) < 4.78 is 50.2. The molecule has 2 heterocycles. The van der Waals surface area contributed by atoms with Crippen molar-refractivity contribution in [1.29, 1.82) is 0 Å². The molecule has 0 aliphatic rings. The summed E-state index contributed by atoms with van der Waals surface area (Å²) in [4.78, 5) is 22.5. The van der Waals surface area contributed by atoms with E-state index in [0.717, 1.165) is 33.8 Å². The molecular weight excluding hydrogens is 629 g/mol. The van der Waals surface area contributed by atoms with E-state index < -0.39 is 12.4 Å². The molecule has 0 aliphatic heterocycles. The summed E-state index contributed by atoms with van der Waals surface area (Å²) in [5.74, 6) is 1.12. The molecule has 47 heavy (non-hydrogen) atoms. The van der Waals surface area contributed by atoms with E-state index in [9.17, 15) is 18.0 Å². The molecule has 9 nitrogen and oxygen atoms in total. The first kappa shape index (κ1) is 33.5. The highest BCUT2D eigenvalue weighted by Crippen LogP contribution is 2.29. The van der Waals surface area contributed by atoms with Gasteiger partial charge >= 0.3 is 12.4 Å². The zero-order valence-corrected chi connectivity index (χ0v) is 27.6. The maximum absolute atomic E-state index is 13.1. The summed E-state index contributed by atoms with van der Waals surface area (Å²) in [6.07, 6.45) is -3.27. The van der Waals surface area contributed by atoms with Crippen LogP contribution in [0.25, 0.3) is 22.8 Å². The van der Waals surface area contributed by atoms with Gasteiger partial charge in [-0.2, -0.15) is 4.99 Å². The zero-order valence-electron chi connectivity index (χ0n) is 26.7. The Balaban J connectivity index is 1.27. The molecule has 0 saturated carbocycles. The molecule has 2 amide bonds. The van der Waals surface area contributed by atoms with Crippen LogP contribution in [0, 0.1) is 6.92 Å². The number of carbonyl (C=O) groups is 1. The molecule has 2 aromatic heterocycles. The van der Waals surface area contributed by atoms with Crippen LogP contribution in [0.1, 0.15) is 56.4 Å². The van der Waals surface area contributed by atoms with Crippen molar-refractivity contribution in [2.75, 3.05) is 7.11 Å². The number of hydrogen-bond donors (Lipinski definition) is 1. The van der Waals surface area contributed by atoms with Crippen molar-refractivity contribution in [1.82, 2.24) is 24.6 Å². The number of aromatic nitrogens is 4. The summed E-state index contributed by atoms with van der Waals surface area (Å²) in [6.45, 7) is 10.2. The quantitative estimate of drug-likeness (QED) is 0.173. The van der Waals surface area contributed by atoms with Crippen LogP contribution >= 0.6 is 11.3 Å². The molecule has 0 bridgehead atoms. The van der Waals surface area contributed by atoms with E-state index in [4.69, 9.17) is 4.74 Å². The van der Waals surface area contributed by atoms with Gasteiger partial charge in [-0.15, -0.1) is 29.6 Å². The highest BCUT2D eigenvalue weighted by atomic mass is 32.1. The average molecular weight is 665 g/mol. The number of nitrogens with zero attached hydrogens (tertiary/aromatic N) is 5. The molecular formula is C34H35F3N6O3S. The fraction of sp³-hybridized carbons (Fsp3) is 0.294. The molecule has 0 saturated heterocycles. The van der Waals surface area contributed by atoms with Crippen molar-refractivity contribution >= 4 is 17.4 Å². The standard InChI is InChI=1S/C34H35F3N6O3S/c1-20(2)29-17-28(45-6)15-16-30(29)43-21(3)18-47-33(43)40-32(44)39-23(5)22(4)24-7-9-25(10-8-24)31-38-19-42(41-31)26-11-13-27(14-12-26)46-34(35,36)37/h7-20,22-23H,1-6H3,(H,39,44). The first-order valence-electron chi connectivity index (χ1n) is 14.9. The van der Waals surface area contributed by atoms with Crippen molar-refractivity contribution in [3.8, 4) is 34.3 Å². The van der Waals surface area contributed by atoms with Crippen LogP contribution in [-0.4, -0.2) is 44.9 Å². The number of halogens is 3. The number of methoxy groups -OCH3 is 1. The monoisotopic (exact) mass is 664 g/mol. The van der Waals surface area contributed by atoms with Gasteiger partial charge in [0.1, 0.15) is 17.8 Å². The number of rotatable bonds is 9. The Morgan fingerprint density at radius 1 is 0.979 bits per heavy atom. The van der Waals surface area contributed by atoms with Gasteiger partial charge in [-0.05, 0) is 73.4 Å². The summed E-state index contributed by atoms with van der Waals surface area (Å²) in [5.41, 5.74) is 5.33. The number of ether oxygens (including phenoxy) is 2. The number of alkyl halides is 3. The van der Waals surface area contributed by atoms with Crippen molar-refractivity contribution in [2.24, 2.45) is 4.99 Å².